The van der Waals surface area contributed by atoms with E-state index in [-0.39, 0.29) is 21.8 Å². The first-order valence-corrected chi connectivity index (χ1v) is 21.0. The molecule has 0 radical (unpaired) electrons. The van der Waals surface area contributed by atoms with Crippen molar-refractivity contribution < 1.29 is 0 Å². The summed E-state index contributed by atoms with van der Waals surface area (Å²) in [7, 11) is 0. The molecule has 0 saturated heterocycles. The number of hydrogen-bond acceptors (Lipinski definition) is 2. The highest BCUT2D eigenvalue weighted by molar-refractivity contribution is 5.82. The summed E-state index contributed by atoms with van der Waals surface area (Å²) in [5.74, 6) is 0. The van der Waals surface area contributed by atoms with E-state index >= 15 is 0 Å². The monoisotopic (exact) mass is 755 g/mol. The molecule has 0 aliphatic heterocycles. The molecule has 2 N–H and O–H groups in total. The van der Waals surface area contributed by atoms with Gasteiger partial charge in [-0.25, -0.2) is 0 Å². The zero-order valence-corrected chi connectivity index (χ0v) is 36.8. The summed E-state index contributed by atoms with van der Waals surface area (Å²) >= 11 is 0. The molecule has 0 aliphatic rings. The molecule has 296 valence electrons. The Morgan fingerprint density at radius 3 is 1.14 bits per heavy atom. The third-order valence-corrected chi connectivity index (χ3v) is 11.6. The van der Waals surface area contributed by atoms with E-state index in [0.29, 0.717) is 0 Å². The lowest BCUT2D eigenvalue weighted by molar-refractivity contribution is 0.284. The van der Waals surface area contributed by atoms with Gasteiger partial charge in [-0.1, -0.05) is 166 Å². The van der Waals surface area contributed by atoms with E-state index in [0.717, 1.165) is 41.9 Å². The van der Waals surface area contributed by atoms with Gasteiger partial charge in [-0.2, -0.15) is 0 Å². The van der Waals surface area contributed by atoms with E-state index in [4.69, 9.17) is 5.73 Å². The Hall–Kier alpha value is -4.92. The van der Waals surface area contributed by atoms with Gasteiger partial charge in [0.05, 0.1) is 0 Å². The molecule has 2 heteroatoms. The molecule has 6 rings (SSSR count). The van der Waals surface area contributed by atoms with Crippen LogP contribution in [0.3, 0.4) is 0 Å². The predicted molar refractivity (Wildman–Crippen MR) is 249 cm³/mol. The fourth-order valence-corrected chi connectivity index (χ4v) is 8.58. The Labute approximate surface area is 345 Å². The van der Waals surface area contributed by atoms with Crippen molar-refractivity contribution >= 4 is 17.1 Å². The third-order valence-electron chi connectivity index (χ3n) is 11.6. The Bertz CT molecular complexity index is 2160. The zero-order valence-electron chi connectivity index (χ0n) is 36.8. The number of hydrogen-bond donors (Lipinski definition) is 1. The maximum atomic E-state index is 6.49. The van der Waals surface area contributed by atoms with Crippen LogP contribution in [0, 0.1) is 5.41 Å². The number of rotatable bonds is 11. The van der Waals surface area contributed by atoms with Gasteiger partial charge in [0, 0.05) is 22.6 Å². The molecule has 0 aromatic heterocycles. The molecule has 0 atom stereocenters. The van der Waals surface area contributed by atoms with Gasteiger partial charge in [-0.05, 0) is 147 Å². The normalized spacial score (nSPS) is 12.5. The van der Waals surface area contributed by atoms with Crippen LogP contribution in [-0.2, 0) is 29.2 Å². The first-order chi connectivity index (χ1) is 26.8. The van der Waals surface area contributed by atoms with Crippen molar-refractivity contribution in [2.45, 2.75) is 119 Å². The van der Waals surface area contributed by atoms with Crippen molar-refractivity contribution in [3.05, 3.63) is 161 Å². The second-order valence-corrected chi connectivity index (χ2v) is 19.6. The lowest BCUT2D eigenvalue weighted by atomic mass is 9.72. The number of nitrogens with zero attached hydrogens (tertiary/aromatic N) is 1. The summed E-state index contributed by atoms with van der Waals surface area (Å²) in [6.07, 6.45) is 3.07. The number of benzene rings is 6. The van der Waals surface area contributed by atoms with Crippen LogP contribution in [0.2, 0.25) is 0 Å². The topological polar surface area (TPSA) is 29.3 Å². The van der Waals surface area contributed by atoms with Gasteiger partial charge in [0.15, 0.2) is 0 Å². The lowest BCUT2D eigenvalue weighted by Crippen LogP contribution is -2.28. The highest BCUT2D eigenvalue weighted by Gasteiger charge is 2.27. The molecule has 6 aromatic carbocycles. The minimum Gasteiger partial charge on any atom is -0.322 e. The third kappa shape index (κ3) is 9.62. The first kappa shape index (κ1) is 41.7. The van der Waals surface area contributed by atoms with Crippen molar-refractivity contribution in [3.8, 4) is 33.4 Å². The maximum Gasteiger partial charge on any atom is 0.0462 e. The smallest absolute Gasteiger partial charge is 0.0462 e. The minimum atomic E-state index is -0.377. The van der Waals surface area contributed by atoms with Gasteiger partial charge in [0.2, 0.25) is 0 Å². The number of aryl methyl sites for hydroxylation is 2. The molecule has 0 bridgehead atoms. The summed E-state index contributed by atoms with van der Waals surface area (Å²) < 4.78 is 0. The molecule has 0 amide bonds. The van der Waals surface area contributed by atoms with Crippen LogP contribution >= 0.6 is 0 Å². The van der Waals surface area contributed by atoms with Crippen molar-refractivity contribution in [1.82, 2.24) is 0 Å². The van der Waals surface area contributed by atoms with Crippen molar-refractivity contribution in [1.29, 1.82) is 0 Å². The van der Waals surface area contributed by atoms with Crippen molar-refractivity contribution in [3.63, 3.8) is 0 Å². The fourth-order valence-electron chi connectivity index (χ4n) is 8.58. The maximum absolute atomic E-state index is 6.49. The lowest BCUT2D eigenvalue weighted by Gasteiger charge is -2.33. The largest absolute Gasteiger partial charge is 0.322 e. The summed E-state index contributed by atoms with van der Waals surface area (Å²) in [5, 5.41) is 0. The Morgan fingerprint density at radius 2 is 0.772 bits per heavy atom. The van der Waals surface area contributed by atoms with Gasteiger partial charge >= 0.3 is 0 Å². The van der Waals surface area contributed by atoms with Crippen LogP contribution in [0.15, 0.2) is 133 Å². The molecule has 0 spiro atoms. The summed E-state index contributed by atoms with van der Waals surface area (Å²) in [6.45, 7) is 27.2. The fraction of sp³-hybridized carbons (Fsp3) is 0.345. The van der Waals surface area contributed by atoms with Crippen LogP contribution in [0.25, 0.3) is 33.4 Å². The van der Waals surface area contributed by atoms with E-state index in [1.165, 1.54) is 55.6 Å². The van der Waals surface area contributed by atoms with E-state index in [1.807, 2.05) is 0 Å². The summed E-state index contributed by atoms with van der Waals surface area (Å²) in [6, 6.07) is 50.1. The van der Waals surface area contributed by atoms with Gasteiger partial charge < -0.3 is 10.6 Å². The van der Waals surface area contributed by atoms with Gasteiger partial charge in [-0.15, -0.1) is 0 Å². The van der Waals surface area contributed by atoms with E-state index < -0.39 is 0 Å². The molecular weight excluding hydrogens is 689 g/mol. The highest BCUT2D eigenvalue weighted by atomic mass is 15.1. The SMILES string of the molecule is CCc1cc(C(C)(C)C)ccc1-c1ccc(N(c2ccc(-c3ccc(C(C)(C)CC(C)(C)C)cc3)cc2)c2ccc(-c3ccc(C(C)(C)N)cc3CC)cc2)cc1. The van der Waals surface area contributed by atoms with Crippen LogP contribution in [0.5, 0.6) is 0 Å². The van der Waals surface area contributed by atoms with Crippen LogP contribution in [-0.4, -0.2) is 0 Å². The number of anilines is 3. The Balaban J connectivity index is 1.37. The van der Waals surface area contributed by atoms with Crippen LogP contribution in [0.1, 0.15) is 117 Å². The molecule has 0 unspecified atom stereocenters. The molecule has 0 saturated carbocycles. The van der Waals surface area contributed by atoms with Crippen molar-refractivity contribution in [2.24, 2.45) is 11.1 Å². The summed E-state index contributed by atoms with van der Waals surface area (Å²) in [5.41, 5.74) is 24.1. The van der Waals surface area contributed by atoms with E-state index in [2.05, 4.69) is 221 Å². The van der Waals surface area contributed by atoms with Crippen LogP contribution in [0.4, 0.5) is 17.1 Å². The molecular formula is C55H66N2. The molecule has 0 heterocycles. The predicted octanol–water partition coefficient (Wildman–Crippen LogP) is 15.5. The summed E-state index contributed by atoms with van der Waals surface area (Å²) in [4.78, 5) is 2.37. The standard InChI is InChI=1S/C55H66N2/c1-13-38-35-45(53(6,7)8)25-33-50(38)42-19-29-48(30-20-42)57(49-31-21-43(22-32-49)51-34-26-46(55(11,12)56)36-39(51)14-2)47-27-17-41(18-28-47)40-15-23-44(24-16-40)54(9,10)37-52(3,4)5/h15-36H,13-14,37,56H2,1-12H3. The Morgan fingerprint density at radius 1 is 0.421 bits per heavy atom. The average Bonchev–Trinajstić information content (AvgIpc) is 3.17. The molecule has 2 nitrogen and oxygen atoms in total. The van der Waals surface area contributed by atoms with Crippen molar-refractivity contribution in [2.75, 3.05) is 4.90 Å². The van der Waals surface area contributed by atoms with Gasteiger partial charge in [0.1, 0.15) is 0 Å². The van der Waals surface area contributed by atoms with E-state index in [1.54, 1.807) is 0 Å². The molecule has 57 heavy (non-hydrogen) atoms. The number of nitrogens with two attached hydrogens (primary N) is 1. The van der Waals surface area contributed by atoms with Gasteiger partial charge in [0.25, 0.3) is 0 Å². The second kappa shape index (κ2) is 16.1. The highest BCUT2D eigenvalue weighted by Crippen LogP contribution is 2.40. The average molecular weight is 755 g/mol. The zero-order chi connectivity index (χ0) is 41.3. The van der Waals surface area contributed by atoms with Crippen LogP contribution < -0.4 is 10.6 Å². The molecule has 6 aromatic rings. The van der Waals surface area contributed by atoms with E-state index in [9.17, 15) is 0 Å². The minimum absolute atomic E-state index is 0.114. The molecule has 0 fully saturated rings. The Kier molecular flexibility index (Phi) is 11.8. The van der Waals surface area contributed by atoms with Gasteiger partial charge in [-0.3, -0.25) is 0 Å². The first-order valence-electron chi connectivity index (χ1n) is 21.0. The second-order valence-electron chi connectivity index (χ2n) is 19.6. The quantitative estimate of drug-likeness (QED) is 0.143. The molecule has 0 aliphatic carbocycles.